The van der Waals surface area contributed by atoms with Gasteiger partial charge in [-0.2, -0.15) is 0 Å². The van der Waals surface area contributed by atoms with Crippen molar-refractivity contribution in [3.63, 3.8) is 0 Å². The number of nitrogens with one attached hydrogen (secondary N) is 1. The van der Waals surface area contributed by atoms with Crippen LogP contribution in [0.2, 0.25) is 5.15 Å². The molecule has 5 N–H and O–H groups in total. The van der Waals surface area contributed by atoms with Crippen molar-refractivity contribution in [1.29, 1.82) is 0 Å². The quantitative estimate of drug-likeness (QED) is 0.620. The monoisotopic (exact) mass is 317 g/mol. The molecule has 1 aromatic rings. The van der Waals surface area contributed by atoms with Crippen LogP contribution in [0.1, 0.15) is 32.4 Å². The van der Waals surface area contributed by atoms with Crippen LogP contribution in [-0.4, -0.2) is 39.5 Å². The van der Waals surface area contributed by atoms with Crippen LogP contribution in [0, 0.1) is 0 Å². The van der Waals surface area contributed by atoms with Crippen molar-refractivity contribution in [3.05, 3.63) is 23.0 Å². The molecular formula is C13H20ClN3O4. The van der Waals surface area contributed by atoms with Crippen LogP contribution in [-0.2, 0) is 4.74 Å². The molecule has 0 aliphatic heterocycles. The third-order valence-corrected chi connectivity index (χ3v) is 2.68. The zero-order valence-corrected chi connectivity index (χ0v) is 12.9. The first-order valence-electron chi connectivity index (χ1n) is 6.34. The van der Waals surface area contributed by atoms with Crippen molar-refractivity contribution in [2.75, 3.05) is 12.3 Å². The van der Waals surface area contributed by atoms with Crippen LogP contribution in [0.3, 0.4) is 0 Å². The number of nitrogens with zero attached hydrogens (tertiary/aromatic N) is 1. The third kappa shape index (κ3) is 5.74. The zero-order chi connectivity index (χ0) is 16.2. The highest BCUT2D eigenvalue weighted by molar-refractivity contribution is 6.29. The van der Waals surface area contributed by atoms with E-state index >= 15 is 0 Å². The molecule has 7 nitrogen and oxygen atoms in total. The van der Waals surface area contributed by atoms with Crippen LogP contribution in [0.5, 0.6) is 0 Å². The molecule has 0 fully saturated rings. The van der Waals surface area contributed by atoms with Gasteiger partial charge in [-0.1, -0.05) is 11.6 Å². The summed E-state index contributed by atoms with van der Waals surface area (Å²) in [5, 5.41) is 22.4. The highest BCUT2D eigenvalue weighted by atomic mass is 35.5. The Kier molecular flexibility index (Phi) is 5.77. The number of ether oxygens (including phenoxy) is 1. The summed E-state index contributed by atoms with van der Waals surface area (Å²) in [4.78, 5) is 15.2. The van der Waals surface area contributed by atoms with E-state index < -0.39 is 23.9 Å². The van der Waals surface area contributed by atoms with Crippen LogP contribution >= 0.6 is 11.6 Å². The number of hydrogen-bond donors (Lipinski definition) is 4. The molecule has 1 rings (SSSR count). The average molecular weight is 318 g/mol. The van der Waals surface area contributed by atoms with Crippen molar-refractivity contribution in [2.24, 2.45) is 0 Å². The van der Waals surface area contributed by atoms with Crippen LogP contribution in [0.15, 0.2) is 12.3 Å². The molecule has 0 bridgehead atoms. The molecule has 21 heavy (non-hydrogen) atoms. The number of aliphatic hydroxyl groups is 2. The molecule has 0 spiro atoms. The molecule has 118 valence electrons. The Morgan fingerprint density at radius 1 is 1.52 bits per heavy atom. The standard InChI is InChI=1S/C13H20ClN3O4/c1-13(2,3)21-12(20)17-6-9(18)11(19)7-5-16-10(14)4-8(7)15/h4-5,9,11,18-19H,6H2,1-3H3,(H2,15,16)(H,17,20). The summed E-state index contributed by atoms with van der Waals surface area (Å²) in [7, 11) is 0. The van der Waals surface area contributed by atoms with E-state index in [-0.39, 0.29) is 22.9 Å². The molecule has 1 heterocycles. The Morgan fingerprint density at radius 3 is 2.67 bits per heavy atom. The number of nitrogens with two attached hydrogens (primary N) is 1. The topological polar surface area (TPSA) is 118 Å². The molecule has 2 unspecified atom stereocenters. The molecule has 0 aliphatic carbocycles. The summed E-state index contributed by atoms with van der Waals surface area (Å²) in [6.07, 6.45) is -1.97. The maximum atomic E-state index is 11.5. The first-order valence-corrected chi connectivity index (χ1v) is 6.72. The first kappa shape index (κ1) is 17.5. The summed E-state index contributed by atoms with van der Waals surface area (Å²) < 4.78 is 5.02. The number of amides is 1. The number of carbonyl (C=O) groups excluding carboxylic acids is 1. The van der Waals surface area contributed by atoms with E-state index in [4.69, 9.17) is 22.1 Å². The van der Waals surface area contributed by atoms with E-state index in [9.17, 15) is 15.0 Å². The van der Waals surface area contributed by atoms with E-state index in [0.717, 1.165) is 0 Å². The minimum Gasteiger partial charge on any atom is -0.444 e. The maximum absolute atomic E-state index is 11.5. The lowest BCUT2D eigenvalue weighted by atomic mass is 10.0. The fourth-order valence-electron chi connectivity index (χ4n) is 1.52. The minimum atomic E-state index is -1.30. The van der Waals surface area contributed by atoms with Gasteiger partial charge in [-0.3, -0.25) is 0 Å². The third-order valence-electron chi connectivity index (χ3n) is 2.47. The molecular weight excluding hydrogens is 298 g/mol. The highest BCUT2D eigenvalue weighted by Gasteiger charge is 2.23. The predicted octanol–water partition coefficient (Wildman–Crippen LogP) is 1.24. The van der Waals surface area contributed by atoms with Crippen molar-refractivity contribution in [2.45, 2.75) is 38.6 Å². The summed E-state index contributed by atoms with van der Waals surface area (Å²) in [6.45, 7) is 4.96. The highest BCUT2D eigenvalue weighted by Crippen LogP contribution is 2.24. The molecule has 2 atom stereocenters. The molecule has 0 radical (unpaired) electrons. The minimum absolute atomic E-state index is 0.185. The van der Waals surface area contributed by atoms with Gasteiger partial charge in [0.2, 0.25) is 0 Å². The van der Waals surface area contributed by atoms with E-state index in [1.807, 2.05) is 0 Å². The van der Waals surface area contributed by atoms with Gasteiger partial charge in [0.05, 0.1) is 0 Å². The van der Waals surface area contributed by atoms with Gasteiger partial charge in [0, 0.05) is 24.0 Å². The largest absolute Gasteiger partial charge is 0.444 e. The number of rotatable bonds is 4. The van der Waals surface area contributed by atoms with Gasteiger partial charge in [-0.25, -0.2) is 9.78 Å². The maximum Gasteiger partial charge on any atom is 0.407 e. The zero-order valence-electron chi connectivity index (χ0n) is 12.1. The summed E-state index contributed by atoms with van der Waals surface area (Å²) >= 11 is 5.66. The van der Waals surface area contributed by atoms with E-state index in [2.05, 4.69) is 10.3 Å². The number of anilines is 1. The lowest BCUT2D eigenvalue weighted by Gasteiger charge is -2.22. The number of aliphatic hydroxyl groups excluding tert-OH is 2. The van der Waals surface area contributed by atoms with Crippen molar-refractivity contribution in [3.8, 4) is 0 Å². The lowest BCUT2D eigenvalue weighted by Crippen LogP contribution is -2.39. The van der Waals surface area contributed by atoms with Crippen molar-refractivity contribution >= 4 is 23.4 Å². The van der Waals surface area contributed by atoms with Gasteiger partial charge in [-0.05, 0) is 26.8 Å². The molecule has 1 amide bonds. The van der Waals surface area contributed by atoms with Crippen LogP contribution in [0.4, 0.5) is 10.5 Å². The van der Waals surface area contributed by atoms with Crippen LogP contribution < -0.4 is 11.1 Å². The molecule has 1 aromatic heterocycles. The second-order valence-corrected chi connectivity index (χ2v) is 5.92. The smallest absolute Gasteiger partial charge is 0.407 e. The Bertz CT molecular complexity index is 505. The first-order chi connectivity index (χ1) is 9.60. The SMILES string of the molecule is CC(C)(C)OC(=O)NCC(O)C(O)c1cnc(Cl)cc1N. The van der Waals surface area contributed by atoms with Gasteiger partial charge < -0.3 is 26.0 Å². The van der Waals surface area contributed by atoms with E-state index in [1.165, 1.54) is 12.3 Å². The number of halogens is 1. The summed E-state index contributed by atoms with van der Waals surface area (Å²) in [6, 6.07) is 1.37. The van der Waals surface area contributed by atoms with E-state index in [0.29, 0.717) is 0 Å². The Labute approximate surface area is 128 Å². The number of aromatic nitrogens is 1. The van der Waals surface area contributed by atoms with Crippen molar-refractivity contribution in [1.82, 2.24) is 10.3 Å². The fourth-order valence-corrected chi connectivity index (χ4v) is 1.69. The van der Waals surface area contributed by atoms with Gasteiger partial charge in [0.1, 0.15) is 23.0 Å². The van der Waals surface area contributed by atoms with Gasteiger partial charge in [0.15, 0.2) is 0 Å². The number of nitrogen functional groups attached to an aromatic ring is 1. The number of alkyl carbamates (subject to hydrolysis) is 1. The number of hydrogen-bond acceptors (Lipinski definition) is 6. The Morgan fingerprint density at radius 2 is 2.14 bits per heavy atom. The molecule has 0 saturated carbocycles. The lowest BCUT2D eigenvalue weighted by molar-refractivity contribution is 0.0131. The number of pyridine rings is 1. The van der Waals surface area contributed by atoms with Gasteiger partial charge >= 0.3 is 6.09 Å². The molecule has 0 aromatic carbocycles. The second kappa shape index (κ2) is 6.93. The predicted molar refractivity (Wildman–Crippen MR) is 78.9 cm³/mol. The second-order valence-electron chi connectivity index (χ2n) is 5.53. The summed E-state index contributed by atoms with van der Waals surface area (Å²) in [5.74, 6) is 0. The summed E-state index contributed by atoms with van der Waals surface area (Å²) in [5.41, 5.74) is 5.49. The molecule has 0 aliphatic rings. The Hall–Kier alpha value is -1.57. The van der Waals surface area contributed by atoms with Gasteiger partial charge in [0.25, 0.3) is 0 Å². The van der Waals surface area contributed by atoms with Gasteiger partial charge in [-0.15, -0.1) is 0 Å². The Balaban J connectivity index is 2.59. The van der Waals surface area contributed by atoms with E-state index in [1.54, 1.807) is 20.8 Å². The van der Waals surface area contributed by atoms with Crippen molar-refractivity contribution < 1.29 is 19.7 Å². The molecule has 0 saturated heterocycles. The normalized spacial score (nSPS) is 14.4. The molecule has 8 heteroatoms. The van der Waals surface area contributed by atoms with Crippen LogP contribution in [0.25, 0.3) is 0 Å². The fraction of sp³-hybridized carbons (Fsp3) is 0.538. The number of carbonyl (C=O) groups is 1. The average Bonchev–Trinajstić information content (AvgIpc) is 2.33.